The largest absolute Gasteiger partial charge is 0.493 e. The molecule has 5 heteroatoms. The Labute approximate surface area is 98.7 Å². The summed E-state index contributed by atoms with van der Waals surface area (Å²) in [4.78, 5) is 0. The lowest BCUT2D eigenvalue weighted by Gasteiger charge is -2.27. The molecule has 1 heterocycles. The standard InChI is InChI=1S/C12H15F2NO2/c1-16-12-8(3-2-4-9(12)13)11(14)10-7-15-5-6-17-10/h2-4,10-11,15H,5-7H2,1H3. The van der Waals surface area contributed by atoms with Crippen LogP contribution in [0.25, 0.3) is 0 Å². The highest BCUT2D eigenvalue weighted by Gasteiger charge is 2.29. The van der Waals surface area contributed by atoms with E-state index in [-0.39, 0.29) is 11.3 Å². The highest BCUT2D eigenvalue weighted by atomic mass is 19.1. The molecule has 1 fully saturated rings. The molecule has 2 rings (SSSR count). The molecule has 1 N–H and O–H groups in total. The highest BCUT2D eigenvalue weighted by molar-refractivity contribution is 5.37. The van der Waals surface area contributed by atoms with Gasteiger partial charge >= 0.3 is 0 Å². The maximum Gasteiger partial charge on any atom is 0.165 e. The van der Waals surface area contributed by atoms with Gasteiger partial charge in [0.05, 0.1) is 13.7 Å². The average Bonchev–Trinajstić information content (AvgIpc) is 2.38. The predicted octanol–water partition coefficient (Wildman–Crippen LogP) is 1.83. The first-order valence-electron chi connectivity index (χ1n) is 5.53. The second-order valence-corrected chi connectivity index (χ2v) is 3.88. The molecule has 1 saturated heterocycles. The number of morpholine rings is 1. The molecule has 0 saturated carbocycles. The summed E-state index contributed by atoms with van der Waals surface area (Å²) in [5.74, 6) is -0.606. The normalized spacial score (nSPS) is 22.2. The molecule has 0 radical (unpaired) electrons. The lowest BCUT2D eigenvalue weighted by atomic mass is 10.0. The minimum Gasteiger partial charge on any atom is -0.493 e. The number of nitrogens with one attached hydrogen (secondary N) is 1. The van der Waals surface area contributed by atoms with E-state index in [1.165, 1.54) is 25.3 Å². The number of alkyl halides is 1. The SMILES string of the molecule is COc1c(F)cccc1C(F)C1CNCCO1. The molecule has 0 aliphatic carbocycles. The van der Waals surface area contributed by atoms with Gasteiger partial charge in [0.15, 0.2) is 17.7 Å². The van der Waals surface area contributed by atoms with Gasteiger partial charge in [0, 0.05) is 18.7 Å². The van der Waals surface area contributed by atoms with Crippen molar-refractivity contribution in [1.29, 1.82) is 0 Å². The van der Waals surface area contributed by atoms with Crippen molar-refractivity contribution in [1.82, 2.24) is 5.32 Å². The van der Waals surface area contributed by atoms with Crippen molar-refractivity contribution in [3.63, 3.8) is 0 Å². The Kier molecular flexibility index (Phi) is 3.91. The first-order chi connectivity index (χ1) is 8.24. The van der Waals surface area contributed by atoms with Crippen LogP contribution in [-0.4, -0.2) is 32.9 Å². The zero-order chi connectivity index (χ0) is 12.3. The Hall–Kier alpha value is -1.20. The van der Waals surface area contributed by atoms with E-state index in [2.05, 4.69) is 5.32 Å². The van der Waals surface area contributed by atoms with Crippen molar-refractivity contribution in [3.8, 4) is 5.75 Å². The van der Waals surface area contributed by atoms with Gasteiger partial charge in [-0.2, -0.15) is 0 Å². The lowest BCUT2D eigenvalue weighted by molar-refractivity contribution is -0.0227. The molecule has 17 heavy (non-hydrogen) atoms. The molecular formula is C12H15F2NO2. The monoisotopic (exact) mass is 243 g/mol. The van der Waals surface area contributed by atoms with Gasteiger partial charge in [-0.3, -0.25) is 0 Å². The van der Waals surface area contributed by atoms with Crippen LogP contribution in [0.3, 0.4) is 0 Å². The van der Waals surface area contributed by atoms with E-state index in [9.17, 15) is 8.78 Å². The van der Waals surface area contributed by atoms with Gasteiger partial charge < -0.3 is 14.8 Å². The molecule has 0 amide bonds. The topological polar surface area (TPSA) is 30.5 Å². The maximum absolute atomic E-state index is 14.2. The van der Waals surface area contributed by atoms with Gasteiger partial charge in [-0.05, 0) is 6.07 Å². The summed E-state index contributed by atoms with van der Waals surface area (Å²) in [7, 11) is 1.33. The molecule has 2 unspecified atom stereocenters. The number of hydrogen-bond acceptors (Lipinski definition) is 3. The van der Waals surface area contributed by atoms with E-state index in [0.29, 0.717) is 19.7 Å². The number of halogens is 2. The minimum absolute atomic E-state index is 0.0471. The molecule has 1 aliphatic heterocycles. The van der Waals surface area contributed by atoms with Gasteiger partial charge in [0.1, 0.15) is 6.10 Å². The molecular weight excluding hydrogens is 228 g/mol. The van der Waals surface area contributed by atoms with Crippen LogP contribution >= 0.6 is 0 Å². The van der Waals surface area contributed by atoms with Gasteiger partial charge in [0.25, 0.3) is 0 Å². The van der Waals surface area contributed by atoms with Gasteiger partial charge in [0.2, 0.25) is 0 Å². The van der Waals surface area contributed by atoms with Crippen LogP contribution in [-0.2, 0) is 4.74 Å². The smallest absolute Gasteiger partial charge is 0.165 e. The van der Waals surface area contributed by atoms with Crippen molar-refractivity contribution in [3.05, 3.63) is 29.6 Å². The van der Waals surface area contributed by atoms with E-state index in [0.717, 1.165) is 0 Å². The summed E-state index contributed by atoms with van der Waals surface area (Å²) in [5.41, 5.74) is 0.196. The highest BCUT2D eigenvalue weighted by Crippen LogP contribution is 2.33. The Bertz CT molecular complexity index is 381. The van der Waals surface area contributed by atoms with Crippen molar-refractivity contribution >= 4 is 0 Å². The van der Waals surface area contributed by atoms with E-state index in [1.807, 2.05) is 0 Å². The Balaban J connectivity index is 2.23. The number of benzene rings is 1. The molecule has 2 atom stereocenters. The molecule has 1 aliphatic rings. The van der Waals surface area contributed by atoms with Crippen molar-refractivity contribution in [2.45, 2.75) is 12.3 Å². The fraction of sp³-hybridized carbons (Fsp3) is 0.500. The fourth-order valence-electron chi connectivity index (χ4n) is 1.93. The van der Waals surface area contributed by atoms with Crippen LogP contribution in [0.4, 0.5) is 8.78 Å². The maximum atomic E-state index is 14.2. The average molecular weight is 243 g/mol. The summed E-state index contributed by atoms with van der Waals surface area (Å²) >= 11 is 0. The Morgan fingerprint density at radius 2 is 2.35 bits per heavy atom. The van der Waals surface area contributed by atoms with Gasteiger partial charge in [-0.15, -0.1) is 0 Å². The number of ether oxygens (including phenoxy) is 2. The van der Waals surface area contributed by atoms with Crippen LogP contribution in [0.5, 0.6) is 5.75 Å². The third kappa shape index (κ3) is 2.56. The summed E-state index contributed by atoms with van der Waals surface area (Å²) in [6.07, 6.45) is -1.99. The van der Waals surface area contributed by atoms with Crippen molar-refractivity contribution in [2.24, 2.45) is 0 Å². The Morgan fingerprint density at radius 3 is 3.00 bits per heavy atom. The van der Waals surface area contributed by atoms with Crippen LogP contribution in [0.1, 0.15) is 11.7 Å². The zero-order valence-corrected chi connectivity index (χ0v) is 9.58. The van der Waals surface area contributed by atoms with Crippen LogP contribution in [0.2, 0.25) is 0 Å². The molecule has 3 nitrogen and oxygen atoms in total. The van der Waals surface area contributed by atoms with Gasteiger partial charge in [-0.25, -0.2) is 8.78 Å². The van der Waals surface area contributed by atoms with Crippen molar-refractivity contribution < 1.29 is 18.3 Å². The number of methoxy groups -OCH3 is 1. The van der Waals surface area contributed by atoms with Gasteiger partial charge in [-0.1, -0.05) is 12.1 Å². The number of para-hydroxylation sites is 1. The minimum atomic E-state index is -1.39. The molecule has 0 aromatic heterocycles. The van der Waals surface area contributed by atoms with Crippen LogP contribution < -0.4 is 10.1 Å². The second-order valence-electron chi connectivity index (χ2n) is 3.88. The molecule has 94 valence electrons. The quantitative estimate of drug-likeness (QED) is 0.878. The van der Waals surface area contributed by atoms with Crippen LogP contribution in [0.15, 0.2) is 18.2 Å². The molecule has 1 aromatic rings. The van der Waals surface area contributed by atoms with E-state index in [1.54, 1.807) is 0 Å². The molecule has 0 spiro atoms. The van der Waals surface area contributed by atoms with E-state index >= 15 is 0 Å². The van der Waals surface area contributed by atoms with Crippen molar-refractivity contribution in [2.75, 3.05) is 26.8 Å². The van der Waals surface area contributed by atoms with E-state index < -0.39 is 18.1 Å². The lowest BCUT2D eigenvalue weighted by Crippen LogP contribution is -2.40. The third-order valence-corrected chi connectivity index (χ3v) is 2.78. The Morgan fingerprint density at radius 1 is 1.53 bits per heavy atom. The summed E-state index contributed by atoms with van der Waals surface area (Å²) in [5, 5.41) is 3.04. The fourth-order valence-corrected chi connectivity index (χ4v) is 1.93. The molecule has 1 aromatic carbocycles. The number of hydrogen-bond donors (Lipinski definition) is 1. The number of rotatable bonds is 3. The first-order valence-corrected chi connectivity index (χ1v) is 5.53. The summed E-state index contributed by atoms with van der Waals surface area (Å²) in [6.45, 7) is 1.59. The molecule has 0 bridgehead atoms. The van der Waals surface area contributed by atoms with Crippen LogP contribution in [0, 0.1) is 5.82 Å². The predicted molar refractivity (Wildman–Crippen MR) is 59.4 cm³/mol. The first kappa shape index (κ1) is 12.3. The van der Waals surface area contributed by atoms with E-state index in [4.69, 9.17) is 9.47 Å². The zero-order valence-electron chi connectivity index (χ0n) is 9.58. The summed E-state index contributed by atoms with van der Waals surface area (Å²) in [6, 6.07) is 4.23. The third-order valence-electron chi connectivity index (χ3n) is 2.78. The summed E-state index contributed by atoms with van der Waals surface area (Å²) < 4.78 is 37.9. The second kappa shape index (κ2) is 5.42.